The molecule has 3 N–H and O–H groups in total. The Bertz CT molecular complexity index is 981. The number of benzene rings is 2. The molecule has 3 rings (SSSR count). The van der Waals surface area contributed by atoms with Gasteiger partial charge in [-0.15, -0.1) is 0 Å². The van der Waals surface area contributed by atoms with Crippen molar-refractivity contribution in [2.24, 2.45) is 5.73 Å². The average Bonchev–Trinajstić information content (AvgIpc) is 2.76. The minimum absolute atomic E-state index is 0.181. The van der Waals surface area contributed by atoms with Crippen LogP contribution in [0, 0.1) is 6.92 Å². The lowest BCUT2D eigenvalue weighted by atomic mass is 10.1. The van der Waals surface area contributed by atoms with Crippen LogP contribution in [-0.4, -0.2) is 59.9 Å². The number of aryl methyl sites for hydroxylation is 1. The van der Waals surface area contributed by atoms with Crippen molar-refractivity contribution in [3.63, 3.8) is 0 Å². The van der Waals surface area contributed by atoms with Crippen molar-refractivity contribution in [3.8, 4) is 0 Å². The molecule has 1 unspecified atom stereocenters. The Morgan fingerprint density at radius 1 is 1.03 bits per heavy atom. The van der Waals surface area contributed by atoms with Crippen LogP contribution in [-0.2, 0) is 4.79 Å². The van der Waals surface area contributed by atoms with Gasteiger partial charge in [-0.3, -0.25) is 14.4 Å². The molecule has 3 amide bonds. The molecule has 1 saturated heterocycles. The lowest BCUT2D eigenvalue weighted by Gasteiger charge is -2.42. The van der Waals surface area contributed by atoms with E-state index in [2.05, 4.69) is 5.32 Å². The molecule has 164 valence electrons. The van der Waals surface area contributed by atoms with Gasteiger partial charge in [0, 0.05) is 36.8 Å². The molecule has 1 fully saturated rings. The van der Waals surface area contributed by atoms with Crippen LogP contribution in [0.3, 0.4) is 0 Å². The fourth-order valence-corrected chi connectivity index (χ4v) is 3.99. The fourth-order valence-electron chi connectivity index (χ4n) is 3.50. The highest BCUT2D eigenvalue weighted by atomic mass is 35.5. The predicted molar refractivity (Wildman–Crippen MR) is 120 cm³/mol. The van der Waals surface area contributed by atoms with Crippen LogP contribution >= 0.6 is 23.2 Å². The van der Waals surface area contributed by atoms with Crippen LogP contribution < -0.4 is 11.1 Å². The van der Waals surface area contributed by atoms with Gasteiger partial charge in [0.1, 0.15) is 0 Å². The summed E-state index contributed by atoms with van der Waals surface area (Å²) in [6.07, 6.45) is -0.594. The number of nitrogens with zero attached hydrogens (tertiary/aromatic N) is 2. The van der Waals surface area contributed by atoms with E-state index in [1.165, 1.54) is 21.9 Å². The summed E-state index contributed by atoms with van der Waals surface area (Å²) < 4.78 is 0. The van der Waals surface area contributed by atoms with E-state index in [1.807, 2.05) is 19.1 Å². The first-order valence-electron chi connectivity index (χ1n) is 9.95. The standard InChI is InChI=1S/C22H24Cl2N4O3/c1-14-3-5-15(6-4-14)21(30)27-11-2-12-28(20(27)19(29)26-10-9-25)22(31)17-8-7-16(23)13-18(17)24/h3-8,13,20H,2,9-12,25H2,1H3,(H,26,29). The summed E-state index contributed by atoms with van der Waals surface area (Å²) in [5, 5.41) is 3.28. The largest absolute Gasteiger partial charge is 0.351 e. The molecular formula is C22H24Cl2N4O3. The van der Waals surface area contributed by atoms with Gasteiger partial charge in [-0.1, -0.05) is 40.9 Å². The highest BCUT2D eigenvalue weighted by Crippen LogP contribution is 2.26. The quantitative estimate of drug-likeness (QED) is 0.713. The van der Waals surface area contributed by atoms with Crippen LogP contribution in [0.1, 0.15) is 32.7 Å². The molecule has 1 aliphatic rings. The molecule has 2 aromatic carbocycles. The molecule has 2 aromatic rings. The number of nitrogens with two attached hydrogens (primary N) is 1. The Balaban J connectivity index is 1.96. The molecule has 7 nitrogen and oxygen atoms in total. The van der Waals surface area contributed by atoms with Gasteiger partial charge in [0.2, 0.25) is 0 Å². The van der Waals surface area contributed by atoms with Crippen molar-refractivity contribution >= 4 is 40.9 Å². The number of nitrogens with one attached hydrogen (secondary N) is 1. The second-order valence-electron chi connectivity index (χ2n) is 7.29. The predicted octanol–water partition coefficient (Wildman–Crippen LogP) is 2.69. The number of halogens is 2. The Morgan fingerprint density at radius 3 is 2.29 bits per heavy atom. The SMILES string of the molecule is Cc1ccc(C(=O)N2CCCN(C(=O)c3ccc(Cl)cc3Cl)C2C(=O)NCCN)cc1. The van der Waals surface area contributed by atoms with Crippen molar-refractivity contribution in [2.75, 3.05) is 26.2 Å². The minimum atomic E-state index is -1.12. The third kappa shape index (κ3) is 5.18. The highest BCUT2D eigenvalue weighted by molar-refractivity contribution is 6.36. The van der Waals surface area contributed by atoms with E-state index in [0.29, 0.717) is 30.1 Å². The van der Waals surface area contributed by atoms with Gasteiger partial charge in [-0.05, 0) is 43.7 Å². The van der Waals surface area contributed by atoms with Crippen LogP contribution in [0.5, 0.6) is 0 Å². The molecular weight excluding hydrogens is 439 g/mol. The van der Waals surface area contributed by atoms with Crippen molar-refractivity contribution in [2.45, 2.75) is 19.5 Å². The van der Waals surface area contributed by atoms with E-state index < -0.39 is 18.0 Å². The monoisotopic (exact) mass is 462 g/mol. The van der Waals surface area contributed by atoms with Gasteiger partial charge in [-0.2, -0.15) is 0 Å². The molecule has 31 heavy (non-hydrogen) atoms. The summed E-state index contributed by atoms with van der Waals surface area (Å²) in [7, 11) is 0. The van der Waals surface area contributed by atoms with Crippen molar-refractivity contribution in [3.05, 3.63) is 69.2 Å². The van der Waals surface area contributed by atoms with Gasteiger partial charge in [0.05, 0.1) is 10.6 Å². The zero-order chi connectivity index (χ0) is 22.5. The molecule has 0 radical (unpaired) electrons. The molecule has 0 saturated carbocycles. The lowest BCUT2D eigenvalue weighted by molar-refractivity contribution is -0.132. The topological polar surface area (TPSA) is 95.7 Å². The van der Waals surface area contributed by atoms with Gasteiger partial charge in [0.25, 0.3) is 17.7 Å². The van der Waals surface area contributed by atoms with E-state index >= 15 is 0 Å². The van der Waals surface area contributed by atoms with Crippen molar-refractivity contribution < 1.29 is 14.4 Å². The fraction of sp³-hybridized carbons (Fsp3) is 0.318. The number of carbonyl (C=O) groups excluding carboxylic acids is 3. The second-order valence-corrected chi connectivity index (χ2v) is 8.14. The molecule has 0 spiro atoms. The zero-order valence-electron chi connectivity index (χ0n) is 17.1. The van der Waals surface area contributed by atoms with Crippen molar-refractivity contribution in [1.29, 1.82) is 0 Å². The molecule has 9 heteroatoms. The van der Waals surface area contributed by atoms with Crippen LogP contribution in [0.15, 0.2) is 42.5 Å². The molecule has 0 aromatic heterocycles. The summed E-state index contributed by atoms with van der Waals surface area (Å²) in [6, 6.07) is 11.6. The van der Waals surface area contributed by atoms with E-state index in [1.54, 1.807) is 18.2 Å². The van der Waals surface area contributed by atoms with Gasteiger partial charge in [-0.25, -0.2) is 0 Å². The first kappa shape index (κ1) is 23.1. The third-order valence-electron chi connectivity index (χ3n) is 5.05. The Labute approximate surface area is 191 Å². The number of rotatable bonds is 5. The number of hydrogen-bond donors (Lipinski definition) is 2. The zero-order valence-corrected chi connectivity index (χ0v) is 18.6. The molecule has 1 atom stereocenters. The number of hydrogen-bond acceptors (Lipinski definition) is 4. The van der Waals surface area contributed by atoms with E-state index in [-0.39, 0.29) is 29.6 Å². The number of carbonyl (C=O) groups is 3. The summed E-state index contributed by atoms with van der Waals surface area (Å²) in [6.45, 7) is 3.03. The molecule has 1 aliphatic heterocycles. The maximum absolute atomic E-state index is 13.3. The average molecular weight is 463 g/mol. The maximum Gasteiger partial charge on any atom is 0.263 e. The Morgan fingerprint density at radius 2 is 1.68 bits per heavy atom. The summed E-state index contributed by atoms with van der Waals surface area (Å²) in [5.41, 5.74) is 7.20. The summed E-state index contributed by atoms with van der Waals surface area (Å²) in [4.78, 5) is 42.4. The van der Waals surface area contributed by atoms with Crippen LogP contribution in [0.4, 0.5) is 0 Å². The normalized spacial score (nSPS) is 16.2. The summed E-state index contributed by atoms with van der Waals surface area (Å²) in [5.74, 6) is -1.24. The van der Waals surface area contributed by atoms with Crippen molar-refractivity contribution in [1.82, 2.24) is 15.1 Å². The van der Waals surface area contributed by atoms with Gasteiger partial charge >= 0.3 is 0 Å². The van der Waals surface area contributed by atoms with Crippen LogP contribution in [0.2, 0.25) is 10.0 Å². The Hall–Kier alpha value is -2.61. The highest BCUT2D eigenvalue weighted by Gasteiger charge is 2.41. The summed E-state index contributed by atoms with van der Waals surface area (Å²) >= 11 is 12.2. The molecule has 1 heterocycles. The Kier molecular flexibility index (Phi) is 7.54. The maximum atomic E-state index is 13.3. The lowest BCUT2D eigenvalue weighted by Crippen LogP contribution is -2.63. The van der Waals surface area contributed by atoms with E-state index in [9.17, 15) is 14.4 Å². The van der Waals surface area contributed by atoms with Crippen LogP contribution in [0.25, 0.3) is 0 Å². The second kappa shape index (κ2) is 10.1. The van der Waals surface area contributed by atoms with E-state index in [0.717, 1.165) is 5.56 Å². The van der Waals surface area contributed by atoms with Gasteiger partial charge < -0.3 is 20.9 Å². The first-order chi connectivity index (χ1) is 14.8. The minimum Gasteiger partial charge on any atom is -0.351 e. The smallest absolute Gasteiger partial charge is 0.263 e. The van der Waals surface area contributed by atoms with Gasteiger partial charge in [0.15, 0.2) is 6.17 Å². The number of amides is 3. The molecule has 0 bridgehead atoms. The molecule has 0 aliphatic carbocycles. The third-order valence-corrected chi connectivity index (χ3v) is 5.60. The van der Waals surface area contributed by atoms with E-state index in [4.69, 9.17) is 28.9 Å². The first-order valence-corrected chi connectivity index (χ1v) is 10.7.